The summed E-state index contributed by atoms with van der Waals surface area (Å²) in [6, 6.07) is 8.10. The van der Waals surface area contributed by atoms with Crippen LogP contribution in [0.3, 0.4) is 0 Å². The molecule has 1 heteroatoms. The molecule has 0 heterocycles. The fourth-order valence-corrected chi connectivity index (χ4v) is 2.21. The quantitative estimate of drug-likeness (QED) is 0.684. The van der Waals surface area contributed by atoms with Crippen molar-refractivity contribution in [3.63, 3.8) is 0 Å². The van der Waals surface area contributed by atoms with Gasteiger partial charge in [0.2, 0.25) is 0 Å². The van der Waals surface area contributed by atoms with Crippen molar-refractivity contribution in [3.05, 3.63) is 60.7 Å². The van der Waals surface area contributed by atoms with Gasteiger partial charge in [0.15, 0.2) is 0 Å². The summed E-state index contributed by atoms with van der Waals surface area (Å²) in [5.74, 6) is 0. The zero-order valence-corrected chi connectivity index (χ0v) is 12.7. The predicted molar refractivity (Wildman–Crippen MR) is 85.3 cm³/mol. The summed E-state index contributed by atoms with van der Waals surface area (Å²) in [6.45, 7) is 13.6. The number of aliphatic hydroxyl groups is 1. The first kappa shape index (κ1) is 17.7. The van der Waals surface area contributed by atoms with E-state index < -0.39 is 5.60 Å². The van der Waals surface area contributed by atoms with Crippen LogP contribution in [0, 0.1) is 0 Å². The summed E-state index contributed by atoms with van der Waals surface area (Å²) in [5.41, 5.74) is 1.44. The Morgan fingerprint density at radius 2 is 1.79 bits per heavy atom. The molecule has 1 aromatic rings. The second kappa shape index (κ2) is 9.57. The van der Waals surface area contributed by atoms with E-state index in [9.17, 15) is 5.11 Å². The number of aryl methyl sites for hydroxylation is 1. The van der Waals surface area contributed by atoms with E-state index in [-0.39, 0.29) is 0 Å². The van der Waals surface area contributed by atoms with Crippen LogP contribution in [-0.4, -0.2) is 5.11 Å². The summed E-state index contributed by atoms with van der Waals surface area (Å²) >= 11 is 0. The van der Waals surface area contributed by atoms with Crippen LogP contribution in [0.1, 0.15) is 51.2 Å². The van der Waals surface area contributed by atoms with Gasteiger partial charge in [-0.1, -0.05) is 57.2 Å². The molecule has 1 unspecified atom stereocenters. The predicted octanol–water partition coefficient (Wildman–Crippen LogP) is 5.01. The van der Waals surface area contributed by atoms with Gasteiger partial charge in [0, 0.05) is 0 Å². The Labute approximate surface area is 118 Å². The van der Waals surface area contributed by atoms with E-state index in [4.69, 9.17) is 0 Å². The van der Waals surface area contributed by atoms with Crippen molar-refractivity contribution in [1.82, 2.24) is 0 Å². The van der Waals surface area contributed by atoms with E-state index in [1.165, 1.54) is 5.56 Å². The van der Waals surface area contributed by atoms with Crippen LogP contribution in [0.25, 0.3) is 0 Å². The topological polar surface area (TPSA) is 20.2 Å². The fraction of sp³-hybridized carbons (Fsp3) is 0.444. The van der Waals surface area contributed by atoms with Gasteiger partial charge in [0.25, 0.3) is 0 Å². The van der Waals surface area contributed by atoms with Crippen molar-refractivity contribution >= 4 is 0 Å². The Bertz CT molecular complexity index is 381. The van der Waals surface area contributed by atoms with E-state index in [1.807, 2.05) is 38.1 Å². The normalized spacial score (nSPS) is 12.8. The molecular formula is C18H28O. The van der Waals surface area contributed by atoms with Crippen molar-refractivity contribution in [2.75, 3.05) is 0 Å². The van der Waals surface area contributed by atoms with Gasteiger partial charge in [-0.05, 0) is 36.8 Å². The summed E-state index contributed by atoms with van der Waals surface area (Å²) in [6.07, 6.45) is 6.65. The lowest BCUT2D eigenvalue weighted by atomic mass is 9.83. The number of hydrogen-bond donors (Lipinski definition) is 1. The second-order valence-corrected chi connectivity index (χ2v) is 4.36. The molecule has 0 spiro atoms. The Kier molecular flexibility index (Phi) is 8.90. The molecule has 1 rings (SSSR count). The van der Waals surface area contributed by atoms with Gasteiger partial charge < -0.3 is 5.11 Å². The summed E-state index contributed by atoms with van der Waals surface area (Å²) in [7, 11) is 0. The van der Waals surface area contributed by atoms with Crippen LogP contribution < -0.4 is 0 Å². The van der Waals surface area contributed by atoms with Crippen molar-refractivity contribution in [2.24, 2.45) is 0 Å². The smallest absolute Gasteiger partial charge is 0.0936 e. The first-order chi connectivity index (χ1) is 9.18. The molecule has 0 aliphatic heterocycles. The van der Waals surface area contributed by atoms with Gasteiger partial charge in [0.05, 0.1) is 5.60 Å². The molecule has 0 saturated carbocycles. The minimum atomic E-state index is -0.803. The Morgan fingerprint density at radius 3 is 2.32 bits per heavy atom. The Balaban J connectivity index is 0.00000154. The van der Waals surface area contributed by atoms with Crippen LogP contribution in [0.5, 0.6) is 0 Å². The third kappa shape index (κ3) is 5.04. The van der Waals surface area contributed by atoms with Crippen LogP contribution in [0.2, 0.25) is 0 Å². The second-order valence-electron chi connectivity index (χ2n) is 4.36. The molecule has 0 radical (unpaired) electrons. The van der Waals surface area contributed by atoms with Crippen molar-refractivity contribution in [2.45, 2.75) is 52.1 Å². The average Bonchev–Trinajstić information content (AvgIpc) is 2.47. The Morgan fingerprint density at radius 1 is 1.16 bits per heavy atom. The maximum atomic E-state index is 10.8. The summed E-state index contributed by atoms with van der Waals surface area (Å²) in [4.78, 5) is 0. The molecule has 1 aromatic carbocycles. The fourth-order valence-electron chi connectivity index (χ4n) is 2.21. The molecule has 0 bridgehead atoms. The molecule has 0 amide bonds. The zero-order valence-electron chi connectivity index (χ0n) is 12.7. The average molecular weight is 260 g/mol. The van der Waals surface area contributed by atoms with Gasteiger partial charge in [-0.25, -0.2) is 0 Å². The lowest BCUT2D eigenvalue weighted by Gasteiger charge is -2.29. The molecule has 0 aliphatic rings. The van der Waals surface area contributed by atoms with E-state index in [2.05, 4.69) is 26.1 Å². The van der Waals surface area contributed by atoms with Crippen molar-refractivity contribution in [3.8, 4) is 0 Å². The molecule has 0 saturated heterocycles. The van der Waals surface area contributed by atoms with E-state index >= 15 is 0 Å². The summed E-state index contributed by atoms with van der Waals surface area (Å²) in [5, 5.41) is 10.8. The standard InChI is InChI=1S/C16H22O.C2H6/c1-4-7-13-16(17,12-5-2)15-11-9-8-10-14(15)6-3;1-2/h4-5,8-11,17H,1-2,6-7,12-13H2,3H3;1-2H3. The highest BCUT2D eigenvalue weighted by Crippen LogP contribution is 2.33. The first-order valence-electron chi connectivity index (χ1n) is 7.20. The highest BCUT2D eigenvalue weighted by atomic mass is 16.3. The molecule has 1 N–H and O–H groups in total. The largest absolute Gasteiger partial charge is 0.385 e. The highest BCUT2D eigenvalue weighted by molar-refractivity contribution is 5.33. The maximum Gasteiger partial charge on any atom is 0.0936 e. The van der Waals surface area contributed by atoms with Gasteiger partial charge in [-0.3, -0.25) is 0 Å². The molecule has 19 heavy (non-hydrogen) atoms. The Hall–Kier alpha value is -1.34. The van der Waals surface area contributed by atoms with Gasteiger partial charge >= 0.3 is 0 Å². The maximum absolute atomic E-state index is 10.8. The number of rotatable bonds is 7. The monoisotopic (exact) mass is 260 g/mol. The van der Waals surface area contributed by atoms with Gasteiger partial charge in [0.1, 0.15) is 0 Å². The van der Waals surface area contributed by atoms with Gasteiger partial charge in [-0.2, -0.15) is 0 Å². The molecule has 0 fully saturated rings. The van der Waals surface area contributed by atoms with Crippen LogP contribution in [0.4, 0.5) is 0 Å². The third-order valence-electron chi connectivity index (χ3n) is 3.14. The zero-order chi connectivity index (χ0) is 14.7. The van der Waals surface area contributed by atoms with Crippen LogP contribution in [0.15, 0.2) is 49.6 Å². The molecule has 1 atom stereocenters. The lowest BCUT2D eigenvalue weighted by Crippen LogP contribution is -2.26. The van der Waals surface area contributed by atoms with Crippen molar-refractivity contribution < 1.29 is 5.11 Å². The number of hydrogen-bond acceptors (Lipinski definition) is 1. The third-order valence-corrected chi connectivity index (χ3v) is 3.14. The molecule has 1 nitrogen and oxygen atoms in total. The SMILES string of the molecule is C=CCCC(O)(CC=C)c1ccccc1CC.CC. The molecule has 0 aromatic heterocycles. The minimum absolute atomic E-state index is 0.581. The first-order valence-corrected chi connectivity index (χ1v) is 7.20. The van der Waals surface area contributed by atoms with E-state index in [1.54, 1.807) is 6.08 Å². The molecule has 106 valence electrons. The lowest BCUT2D eigenvalue weighted by molar-refractivity contribution is 0.0307. The van der Waals surface area contributed by atoms with E-state index in [0.29, 0.717) is 12.8 Å². The summed E-state index contributed by atoms with van der Waals surface area (Å²) < 4.78 is 0. The van der Waals surface area contributed by atoms with E-state index in [0.717, 1.165) is 18.4 Å². The van der Waals surface area contributed by atoms with Crippen LogP contribution >= 0.6 is 0 Å². The number of allylic oxidation sites excluding steroid dienone is 1. The highest BCUT2D eigenvalue weighted by Gasteiger charge is 2.28. The molecule has 0 aliphatic carbocycles. The minimum Gasteiger partial charge on any atom is -0.385 e. The molecular weight excluding hydrogens is 232 g/mol. The van der Waals surface area contributed by atoms with Gasteiger partial charge in [-0.15, -0.1) is 13.2 Å². The van der Waals surface area contributed by atoms with Crippen molar-refractivity contribution in [1.29, 1.82) is 0 Å². The van der Waals surface area contributed by atoms with Crippen LogP contribution in [-0.2, 0) is 12.0 Å². The number of benzene rings is 1.